The van der Waals surface area contributed by atoms with Gasteiger partial charge < -0.3 is 73.4 Å². The van der Waals surface area contributed by atoms with Gasteiger partial charge in [-0.2, -0.15) is 11.8 Å². The molecule has 0 unspecified atom stereocenters. The molecule has 3 atom stereocenters. The van der Waals surface area contributed by atoms with E-state index in [1.165, 1.54) is 6.08 Å². The predicted octanol–water partition coefficient (Wildman–Crippen LogP) is 0.313. The minimum atomic E-state index is -0.214. The second-order valence-corrected chi connectivity index (χ2v) is 13.7. The molecule has 0 saturated carbocycles. The molecule has 4 amide bonds. The van der Waals surface area contributed by atoms with Gasteiger partial charge in [0, 0.05) is 30.5 Å². The molecule has 19 heteroatoms. The van der Waals surface area contributed by atoms with Crippen molar-refractivity contribution in [3.63, 3.8) is 0 Å². The van der Waals surface area contributed by atoms with Crippen molar-refractivity contribution < 1.29 is 66.5 Å². The molecule has 2 rings (SSSR count). The molecule has 0 spiro atoms. The molecule has 0 aliphatic carbocycles. The minimum Gasteiger partial charge on any atom is -0.377 e. The quantitative estimate of drug-likeness (QED) is 0.0372. The first-order valence-electron chi connectivity index (χ1n) is 19.8. The zero-order valence-corrected chi connectivity index (χ0v) is 34.0. The van der Waals surface area contributed by atoms with E-state index in [4.69, 9.17) is 52.1 Å². The number of unbranched alkanes of at least 4 members (excludes halogenated alkanes) is 1. The Labute approximate surface area is 336 Å². The summed E-state index contributed by atoms with van der Waals surface area (Å²) < 4.78 is 60.1. The van der Waals surface area contributed by atoms with Gasteiger partial charge >= 0.3 is 6.03 Å². The fourth-order valence-electron chi connectivity index (χ4n) is 5.24. The van der Waals surface area contributed by atoms with Crippen LogP contribution in [0.2, 0.25) is 0 Å². The summed E-state index contributed by atoms with van der Waals surface area (Å²) in [7, 11) is 0. The van der Waals surface area contributed by atoms with Gasteiger partial charge in [-0.25, -0.2) is 4.79 Å². The number of rotatable bonds is 42. The highest BCUT2D eigenvalue weighted by molar-refractivity contribution is 8.00. The molecule has 0 aromatic heterocycles. The monoisotopic (exact) mass is 824 g/mol. The molecule has 326 valence electrons. The van der Waals surface area contributed by atoms with Crippen LogP contribution < -0.4 is 21.3 Å². The highest BCUT2D eigenvalue weighted by atomic mass is 32.2. The van der Waals surface area contributed by atoms with Crippen molar-refractivity contribution in [1.29, 1.82) is 0 Å². The first kappa shape index (κ1) is 50.0. The van der Waals surface area contributed by atoms with Crippen molar-refractivity contribution in [1.82, 2.24) is 21.3 Å². The lowest BCUT2D eigenvalue weighted by molar-refractivity contribution is -0.121. The van der Waals surface area contributed by atoms with Crippen LogP contribution in [0.25, 0.3) is 0 Å². The Morgan fingerprint density at radius 1 is 0.571 bits per heavy atom. The lowest BCUT2D eigenvalue weighted by Gasteiger charge is -2.16. The summed E-state index contributed by atoms with van der Waals surface area (Å²) in [5.74, 6) is 0.783. The van der Waals surface area contributed by atoms with Crippen molar-refractivity contribution in [2.24, 2.45) is 0 Å². The van der Waals surface area contributed by atoms with Gasteiger partial charge in [0.1, 0.15) is 0 Å². The average molecular weight is 825 g/mol. The smallest absolute Gasteiger partial charge is 0.315 e. The Hall–Kier alpha value is -2.14. The van der Waals surface area contributed by atoms with Crippen molar-refractivity contribution in [3.05, 3.63) is 12.7 Å². The van der Waals surface area contributed by atoms with E-state index >= 15 is 0 Å². The molecule has 2 saturated heterocycles. The van der Waals surface area contributed by atoms with E-state index in [0.29, 0.717) is 170 Å². The fourth-order valence-corrected chi connectivity index (χ4v) is 6.79. The molecule has 2 fully saturated rings. The first-order chi connectivity index (χ1) is 27.6. The van der Waals surface area contributed by atoms with Crippen molar-refractivity contribution >= 4 is 29.6 Å². The van der Waals surface area contributed by atoms with E-state index in [1.807, 2.05) is 11.8 Å². The normalized spacial score (nSPS) is 17.4. The van der Waals surface area contributed by atoms with Gasteiger partial charge in [0.25, 0.3) is 0 Å². The number of fused-ring (bicyclic) bond motifs is 1. The molecule has 18 nitrogen and oxygen atoms in total. The number of ether oxygens (including phenoxy) is 11. The minimum absolute atomic E-state index is 0.0400. The third-order valence-corrected chi connectivity index (χ3v) is 9.61. The summed E-state index contributed by atoms with van der Waals surface area (Å²) in [6, 6.07) is 0.399. The highest BCUT2D eigenvalue weighted by Gasteiger charge is 2.42. The fraction of sp³-hybridized carbons (Fsp3) is 0.865. The second kappa shape index (κ2) is 37.2. The van der Waals surface area contributed by atoms with Gasteiger partial charge in [-0.15, -0.1) is 0 Å². The van der Waals surface area contributed by atoms with E-state index in [0.717, 1.165) is 25.0 Å². The Bertz CT molecular complexity index is 991. The summed E-state index contributed by atoms with van der Waals surface area (Å²) in [5, 5.41) is 11.9. The average Bonchev–Trinajstić information content (AvgIpc) is 3.76. The van der Waals surface area contributed by atoms with Crippen LogP contribution in [-0.4, -0.2) is 199 Å². The van der Waals surface area contributed by atoms with E-state index in [9.17, 15) is 14.4 Å². The topological polar surface area (TPSA) is 201 Å². The van der Waals surface area contributed by atoms with Crippen LogP contribution in [-0.2, 0) is 61.7 Å². The maximum Gasteiger partial charge on any atom is 0.315 e. The molecule has 4 N–H and O–H groups in total. The van der Waals surface area contributed by atoms with Crippen LogP contribution in [0.15, 0.2) is 12.7 Å². The largest absolute Gasteiger partial charge is 0.377 e. The number of carbonyl (C=O) groups is 3. The number of amides is 4. The number of hydrogen-bond donors (Lipinski definition) is 4. The zero-order chi connectivity index (χ0) is 40.0. The molecule has 0 bridgehead atoms. The SMILES string of the molecule is C=CC(=O)NCCOCCOCCOCCOCCOCCOCCOCCOCCOCCOCCOCCNC(=O)CCCC[C@@H]1SC[C@@H]2NC(=O)N[C@@H]21. The van der Waals surface area contributed by atoms with Gasteiger partial charge in [-0.05, 0) is 18.9 Å². The van der Waals surface area contributed by atoms with Gasteiger partial charge in [0.2, 0.25) is 11.8 Å². The summed E-state index contributed by atoms with van der Waals surface area (Å²) in [6.45, 7) is 14.7. The van der Waals surface area contributed by atoms with E-state index < -0.39 is 0 Å². The molecule has 2 heterocycles. The Morgan fingerprint density at radius 2 is 0.946 bits per heavy atom. The maximum atomic E-state index is 12.0. The number of nitrogens with one attached hydrogen (secondary N) is 4. The molecular formula is C37H68N4O14S. The van der Waals surface area contributed by atoms with Crippen molar-refractivity contribution in [2.75, 3.05) is 164 Å². The maximum absolute atomic E-state index is 12.0. The third kappa shape index (κ3) is 29.1. The Kier molecular flexibility index (Phi) is 33.2. The molecule has 2 aliphatic rings. The van der Waals surface area contributed by atoms with Crippen LogP contribution >= 0.6 is 11.8 Å². The second-order valence-electron chi connectivity index (χ2n) is 12.4. The number of urea groups is 1. The number of hydrogen-bond acceptors (Lipinski definition) is 15. The molecule has 56 heavy (non-hydrogen) atoms. The Balaban J connectivity index is 1.14. The first-order valence-corrected chi connectivity index (χ1v) is 20.9. The summed E-state index contributed by atoms with van der Waals surface area (Å²) in [6.07, 6.45) is 4.55. The molecule has 0 aromatic rings. The van der Waals surface area contributed by atoms with E-state index in [-0.39, 0.29) is 29.9 Å². The van der Waals surface area contributed by atoms with Gasteiger partial charge in [0.05, 0.1) is 157 Å². The highest BCUT2D eigenvalue weighted by Crippen LogP contribution is 2.33. The third-order valence-electron chi connectivity index (χ3n) is 8.10. The summed E-state index contributed by atoms with van der Waals surface area (Å²) in [5.41, 5.74) is 0. The lowest BCUT2D eigenvalue weighted by Crippen LogP contribution is -2.36. The van der Waals surface area contributed by atoms with E-state index in [1.54, 1.807) is 0 Å². The molecule has 0 aromatic carbocycles. The predicted molar refractivity (Wildman–Crippen MR) is 209 cm³/mol. The summed E-state index contributed by atoms with van der Waals surface area (Å²) >= 11 is 1.90. The van der Waals surface area contributed by atoms with Crippen LogP contribution in [0.1, 0.15) is 25.7 Å². The summed E-state index contributed by atoms with van der Waals surface area (Å²) in [4.78, 5) is 34.5. The van der Waals surface area contributed by atoms with Gasteiger partial charge in [-0.1, -0.05) is 13.0 Å². The number of carbonyl (C=O) groups excluding carboxylic acids is 3. The van der Waals surface area contributed by atoms with Gasteiger partial charge in [0.15, 0.2) is 0 Å². The molecular weight excluding hydrogens is 756 g/mol. The van der Waals surface area contributed by atoms with Gasteiger partial charge in [-0.3, -0.25) is 9.59 Å². The molecule has 0 radical (unpaired) electrons. The lowest BCUT2D eigenvalue weighted by atomic mass is 10.0. The van der Waals surface area contributed by atoms with Crippen LogP contribution in [0.4, 0.5) is 4.79 Å². The van der Waals surface area contributed by atoms with Crippen LogP contribution in [0.5, 0.6) is 0 Å². The standard InChI is InChI=1S/C37H68N4O14S/c1-2-34(42)38-7-9-45-11-13-47-15-17-49-19-21-51-23-25-53-27-29-55-30-28-54-26-24-52-22-20-50-18-16-48-14-12-46-10-8-39-35(43)6-4-3-5-33-36-32(31-56-33)40-37(44)41-36/h2,32-33,36H,1,3-31H2,(H,38,42)(H,39,43)(H2,40,41,44)/t32-,33-,36-/m0/s1. The van der Waals surface area contributed by atoms with Crippen LogP contribution in [0, 0.1) is 0 Å². The van der Waals surface area contributed by atoms with Crippen LogP contribution in [0.3, 0.4) is 0 Å². The number of thioether (sulfide) groups is 1. The van der Waals surface area contributed by atoms with Crippen molar-refractivity contribution in [3.8, 4) is 0 Å². The van der Waals surface area contributed by atoms with Crippen molar-refractivity contribution in [2.45, 2.75) is 43.0 Å². The Morgan fingerprint density at radius 3 is 1.34 bits per heavy atom. The zero-order valence-electron chi connectivity index (χ0n) is 33.1. The van der Waals surface area contributed by atoms with E-state index in [2.05, 4.69) is 27.8 Å². The molecule has 2 aliphatic heterocycles.